The molecule has 1 heterocycles. The smallest absolute Gasteiger partial charge is 0.253 e. The standard InChI is InChI=1S/C17H25N3O2/c1-3-20(4-2)17(22)13-7-5-8-15(11-13)19-16(21)12-14-9-6-10-18-14/h5,7-8,11,14,18H,3-4,6,9-10,12H2,1-2H3,(H,19,21). The van der Waals surface area contributed by atoms with E-state index >= 15 is 0 Å². The van der Waals surface area contributed by atoms with Gasteiger partial charge in [-0.3, -0.25) is 9.59 Å². The topological polar surface area (TPSA) is 61.4 Å². The third-order valence-electron chi connectivity index (χ3n) is 4.04. The number of benzene rings is 1. The van der Waals surface area contributed by atoms with Gasteiger partial charge in [-0.05, 0) is 51.4 Å². The molecule has 1 unspecified atom stereocenters. The van der Waals surface area contributed by atoms with E-state index in [0.717, 1.165) is 19.4 Å². The van der Waals surface area contributed by atoms with Crippen molar-refractivity contribution in [2.45, 2.75) is 39.2 Å². The van der Waals surface area contributed by atoms with Crippen molar-refractivity contribution in [3.63, 3.8) is 0 Å². The van der Waals surface area contributed by atoms with Crippen molar-refractivity contribution in [3.8, 4) is 0 Å². The number of hydrogen-bond donors (Lipinski definition) is 2. The third-order valence-corrected chi connectivity index (χ3v) is 4.04. The lowest BCUT2D eigenvalue weighted by Crippen LogP contribution is -2.30. The summed E-state index contributed by atoms with van der Waals surface area (Å²) in [5.41, 5.74) is 1.29. The first-order valence-electron chi connectivity index (χ1n) is 8.06. The number of carbonyl (C=O) groups excluding carboxylic acids is 2. The Hall–Kier alpha value is -1.88. The van der Waals surface area contributed by atoms with E-state index in [1.807, 2.05) is 19.9 Å². The molecule has 22 heavy (non-hydrogen) atoms. The summed E-state index contributed by atoms with van der Waals surface area (Å²) in [6, 6.07) is 7.44. The van der Waals surface area contributed by atoms with E-state index < -0.39 is 0 Å². The van der Waals surface area contributed by atoms with E-state index in [1.165, 1.54) is 0 Å². The maximum absolute atomic E-state index is 12.3. The van der Waals surface area contributed by atoms with Gasteiger partial charge in [0.2, 0.25) is 5.91 Å². The molecule has 1 atom stereocenters. The minimum Gasteiger partial charge on any atom is -0.339 e. The van der Waals surface area contributed by atoms with Gasteiger partial charge in [-0.2, -0.15) is 0 Å². The first-order chi connectivity index (χ1) is 10.6. The SMILES string of the molecule is CCN(CC)C(=O)c1cccc(NC(=O)CC2CCCN2)c1. The van der Waals surface area contributed by atoms with Crippen molar-refractivity contribution in [3.05, 3.63) is 29.8 Å². The monoisotopic (exact) mass is 303 g/mol. The van der Waals surface area contributed by atoms with Crippen LogP contribution in [0.2, 0.25) is 0 Å². The molecule has 2 rings (SSSR count). The molecular formula is C17H25N3O2. The second-order valence-corrected chi connectivity index (χ2v) is 5.60. The average molecular weight is 303 g/mol. The van der Waals surface area contributed by atoms with Gasteiger partial charge in [0.25, 0.3) is 5.91 Å². The van der Waals surface area contributed by atoms with Crippen molar-refractivity contribution >= 4 is 17.5 Å². The predicted molar refractivity (Wildman–Crippen MR) is 88.0 cm³/mol. The highest BCUT2D eigenvalue weighted by Crippen LogP contribution is 2.15. The average Bonchev–Trinajstić information content (AvgIpc) is 3.01. The lowest BCUT2D eigenvalue weighted by molar-refractivity contribution is -0.116. The van der Waals surface area contributed by atoms with Crippen LogP contribution < -0.4 is 10.6 Å². The van der Waals surface area contributed by atoms with Crippen LogP contribution in [0.3, 0.4) is 0 Å². The number of amides is 2. The van der Waals surface area contributed by atoms with E-state index in [9.17, 15) is 9.59 Å². The first kappa shape index (κ1) is 16.5. The third kappa shape index (κ3) is 4.31. The van der Waals surface area contributed by atoms with Gasteiger partial charge in [0.1, 0.15) is 0 Å². The molecule has 1 saturated heterocycles. The maximum atomic E-state index is 12.3. The number of carbonyl (C=O) groups is 2. The molecule has 0 bridgehead atoms. The zero-order valence-corrected chi connectivity index (χ0v) is 13.4. The highest BCUT2D eigenvalue weighted by Gasteiger charge is 2.18. The second-order valence-electron chi connectivity index (χ2n) is 5.60. The molecule has 2 N–H and O–H groups in total. The summed E-state index contributed by atoms with van der Waals surface area (Å²) in [5.74, 6) is -0.00889. The molecule has 1 fully saturated rings. The van der Waals surface area contributed by atoms with E-state index in [-0.39, 0.29) is 17.9 Å². The van der Waals surface area contributed by atoms with Crippen LogP contribution in [-0.4, -0.2) is 42.4 Å². The Bertz CT molecular complexity index is 520. The maximum Gasteiger partial charge on any atom is 0.253 e. The van der Waals surface area contributed by atoms with Gasteiger partial charge in [0.15, 0.2) is 0 Å². The minimum absolute atomic E-state index is 0.00133. The predicted octanol–water partition coefficient (Wildman–Crippen LogP) is 2.25. The highest BCUT2D eigenvalue weighted by molar-refractivity contribution is 5.97. The van der Waals surface area contributed by atoms with Crippen molar-refractivity contribution < 1.29 is 9.59 Å². The van der Waals surface area contributed by atoms with E-state index in [2.05, 4.69) is 10.6 Å². The Morgan fingerprint density at radius 3 is 2.73 bits per heavy atom. The van der Waals surface area contributed by atoms with Crippen LogP contribution in [0.5, 0.6) is 0 Å². The Kier molecular flexibility index (Phi) is 5.95. The summed E-state index contributed by atoms with van der Waals surface area (Å²) in [7, 11) is 0. The zero-order chi connectivity index (χ0) is 15.9. The molecule has 0 saturated carbocycles. The molecule has 120 valence electrons. The van der Waals surface area contributed by atoms with Crippen LogP contribution in [0.25, 0.3) is 0 Å². The van der Waals surface area contributed by atoms with Gasteiger partial charge in [0.05, 0.1) is 0 Å². The lowest BCUT2D eigenvalue weighted by Gasteiger charge is -2.19. The number of nitrogens with one attached hydrogen (secondary N) is 2. The van der Waals surface area contributed by atoms with Crippen LogP contribution >= 0.6 is 0 Å². The molecule has 5 heteroatoms. The van der Waals surface area contributed by atoms with Crippen molar-refractivity contribution in [1.29, 1.82) is 0 Å². The van der Waals surface area contributed by atoms with Gasteiger partial charge in [-0.15, -0.1) is 0 Å². The zero-order valence-electron chi connectivity index (χ0n) is 13.4. The first-order valence-corrected chi connectivity index (χ1v) is 8.06. The fourth-order valence-electron chi connectivity index (χ4n) is 2.79. The quantitative estimate of drug-likeness (QED) is 0.847. The molecule has 0 radical (unpaired) electrons. The Labute approximate surface area is 132 Å². The molecule has 0 aliphatic carbocycles. The largest absolute Gasteiger partial charge is 0.339 e. The molecule has 1 aromatic rings. The number of rotatable bonds is 6. The molecule has 0 aromatic heterocycles. The summed E-state index contributed by atoms with van der Waals surface area (Å²) < 4.78 is 0. The normalized spacial score (nSPS) is 17.3. The van der Waals surface area contributed by atoms with E-state index in [4.69, 9.17) is 0 Å². The molecular weight excluding hydrogens is 278 g/mol. The Morgan fingerprint density at radius 1 is 1.32 bits per heavy atom. The fraction of sp³-hybridized carbons (Fsp3) is 0.529. The molecule has 1 aliphatic rings. The lowest BCUT2D eigenvalue weighted by atomic mass is 10.1. The summed E-state index contributed by atoms with van der Waals surface area (Å²) >= 11 is 0. The Morgan fingerprint density at radius 2 is 2.09 bits per heavy atom. The summed E-state index contributed by atoms with van der Waals surface area (Å²) in [4.78, 5) is 26.1. The van der Waals surface area contributed by atoms with Crippen LogP contribution in [0, 0.1) is 0 Å². The molecule has 1 aromatic carbocycles. The summed E-state index contributed by atoms with van der Waals surface area (Å²) in [6.45, 7) is 6.27. The second kappa shape index (κ2) is 7.94. The van der Waals surface area contributed by atoms with E-state index in [0.29, 0.717) is 30.8 Å². The molecule has 5 nitrogen and oxygen atoms in total. The van der Waals surface area contributed by atoms with Gasteiger partial charge >= 0.3 is 0 Å². The molecule has 1 aliphatic heterocycles. The highest BCUT2D eigenvalue weighted by atomic mass is 16.2. The van der Waals surface area contributed by atoms with Gasteiger partial charge < -0.3 is 15.5 Å². The molecule has 2 amide bonds. The van der Waals surface area contributed by atoms with Gasteiger partial charge in [-0.25, -0.2) is 0 Å². The minimum atomic E-state index is -0.00756. The molecule has 0 spiro atoms. The number of anilines is 1. The van der Waals surface area contributed by atoms with Crippen molar-refractivity contribution in [1.82, 2.24) is 10.2 Å². The Balaban J connectivity index is 1.98. The van der Waals surface area contributed by atoms with E-state index in [1.54, 1.807) is 23.1 Å². The van der Waals surface area contributed by atoms with Gasteiger partial charge in [-0.1, -0.05) is 6.07 Å². The van der Waals surface area contributed by atoms with Crippen molar-refractivity contribution in [2.75, 3.05) is 25.0 Å². The van der Waals surface area contributed by atoms with Gasteiger partial charge in [0, 0.05) is 36.8 Å². The number of hydrogen-bond acceptors (Lipinski definition) is 3. The summed E-state index contributed by atoms with van der Waals surface area (Å²) in [6.07, 6.45) is 2.66. The number of nitrogens with zero attached hydrogens (tertiary/aromatic N) is 1. The van der Waals surface area contributed by atoms with Crippen LogP contribution in [-0.2, 0) is 4.79 Å². The van der Waals surface area contributed by atoms with Crippen molar-refractivity contribution in [2.24, 2.45) is 0 Å². The fourth-order valence-corrected chi connectivity index (χ4v) is 2.79. The van der Waals surface area contributed by atoms with Crippen LogP contribution in [0.1, 0.15) is 43.5 Å². The summed E-state index contributed by atoms with van der Waals surface area (Å²) in [5, 5.41) is 6.20. The van der Waals surface area contributed by atoms with Crippen LogP contribution in [0.4, 0.5) is 5.69 Å². The van der Waals surface area contributed by atoms with Crippen LogP contribution in [0.15, 0.2) is 24.3 Å².